The molecule has 1 aromatic carbocycles. The fraction of sp³-hybridized carbons (Fsp3) is 0.200. The lowest BCUT2D eigenvalue weighted by atomic mass is 9.97. The van der Waals surface area contributed by atoms with E-state index < -0.39 is 17.7 Å². The molecule has 0 saturated heterocycles. The van der Waals surface area contributed by atoms with Crippen LogP contribution in [0.1, 0.15) is 18.4 Å². The first-order chi connectivity index (χ1) is 6.52. The third kappa shape index (κ3) is 2.10. The Bertz CT molecular complexity index is 353. The molecule has 2 N–H and O–H groups in total. The van der Waals surface area contributed by atoms with Gasteiger partial charge in [0.25, 0.3) is 0 Å². The van der Waals surface area contributed by atoms with E-state index in [-0.39, 0.29) is 5.75 Å². The van der Waals surface area contributed by atoms with Gasteiger partial charge in [0.1, 0.15) is 5.75 Å². The van der Waals surface area contributed by atoms with Crippen LogP contribution in [0.2, 0.25) is 0 Å². The molecule has 0 radical (unpaired) electrons. The van der Waals surface area contributed by atoms with Crippen molar-refractivity contribution in [1.82, 2.24) is 0 Å². The third-order valence-electron chi connectivity index (χ3n) is 2.00. The van der Waals surface area contributed by atoms with Crippen molar-refractivity contribution >= 4 is 11.8 Å². The van der Waals surface area contributed by atoms with E-state index in [2.05, 4.69) is 0 Å². The highest BCUT2D eigenvalue weighted by Gasteiger charge is 2.21. The lowest BCUT2D eigenvalue weighted by molar-refractivity contribution is -0.149. The largest absolute Gasteiger partial charge is 0.508 e. The van der Waals surface area contributed by atoms with Crippen molar-refractivity contribution in [1.29, 1.82) is 0 Å². The van der Waals surface area contributed by atoms with Crippen LogP contribution in [0.4, 0.5) is 0 Å². The SMILES string of the molecule is CC(C(=O)C(=O)O)c1ccc(O)cc1. The Labute approximate surface area is 80.8 Å². The van der Waals surface area contributed by atoms with Crippen LogP contribution in [0.5, 0.6) is 5.75 Å². The van der Waals surface area contributed by atoms with E-state index in [1.165, 1.54) is 31.2 Å². The number of ketones is 1. The number of Topliss-reactive ketones (excluding diaryl/α,β-unsaturated/α-hetero) is 1. The average Bonchev–Trinajstić information content (AvgIpc) is 2.16. The number of carboxylic acids is 1. The fourth-order valence-corrected chi connectivity index (χ4v) is 1.10. The molecule has 1 aromatic rings. The zero-order valence-corrected chi connectivity index (χ0v) is 7.60. The van der Waals surface area contributed by atoms with Crippen LogP contribution in [-0.4, -0.2) is 22.0 Å². The summed E-state index contributed by atoms with van der Waals surface area (Å²) in [4.78, 5) is 21.4. The summed E-state index contributed by atoms with van der Waals surface area (Å²) in [5, 5.41) is 17.5. The van der Waals surface area contributed by atoms with Crippen LogP contribution in [0.25, 0.3) is 0 Å². The van der Waals surface area contributed by atoms with Gasteiger partial charge in [0.15, 0.2) is 0 Å². The van der Waals surface area contributed by atoms with Gasteiger partial charge < -0.3 is 10.2 Å². The molecular weight excluding hydrogens is 184 g/mol. The van der Waals surface area contributed by atoms with Gasteiger partial charge >= 0.3 is 5.97 Å². The second kappa shape index (κ2) is 3.91. The lowest BCUT2D eigenvalue weighted by Gasteiger charge is -2.07. The summed E-state index contributed by atoms with van der Waals surface area (Å²) in [6.45, 7) is 1.52. The standard InChI is InChI=1S/C10H10O4/c1-6(9(12)10(13)14)7-2-4-8(11)5-3-7/h2-6,11H,1H3,(H,13,14). The van der Waals surface area contributed by atoms with E-state index in [0.717, 1.165) is 0 Å². The van der Waals surface area contributed by atoms with Gasteiger partial charge in [0, 0.05) is 0 Å². The summed E-state index contributed by atoms with van der Waals surface area (Å²) in [5.41, 5.74) is 0.579. The van der Waals surface area contributed by atoms with Gasteiger partial charge in [-0.15, -0.1) is 0 Å². The molecule has 0 amide bonds. The number of carbonyl (C=O) groups excluding carboxylic acids is 1. The number of phenolic OH excluding ortho intramolecular Hbond substituents is 1. The number of hydrogen-bond donors (Lipinski definition) is 2. The van der Waals surface area contributed by atoms with Crippen LogP contribution in [0.3, 0.4) is 0 Å². The highest BCUT2D eigenvalue weighted by Crippen LogP contribution is 2.19. The first-order valence-electron chi connectivity index (χ1n) is 4.08. The second-order valence-electron chi connectivity index (χ2n) is 2.98. The first kappa shape index (κ1) is 10.2. The van der Waals surface area contributed by atoms with Crippen molar-refractivity contribution in [2.24, 2.45) is 0 Å². The molecule has 74 valence electrons. The summed E-state index contributed by atoms with van der Waals surface area (Å²) >= 11 is 0. The smallest absolute Gasteiger partial charge is 0.372 e. The van der Waals surface area contributed by atoms with E-state index >= 15 is 0 Å². The van der Waals surface area contributed by atoms with E-state index in [1.54, 1.807) is 0 Å². The molecule has 4 nitrogen and oxygen atoms in total. The van der Waals surface area contributed by atoms with Gasteiger partial charge in [-0.3, -0.25) is 4.79 Å². The second-order valence-corrected chi connectivity index (χ2v) is 2.98. The van der Waals surface area contributed by atoms with Gasteiger partial charge in [-0.1, -0.05) is 19.1 Å². The minimum Gasteiger partial charge on any atom is -0.508 e. The number of hydrogen-bond acceptors (Lipinski definition) is 3. The molecule has 0 saturated carbocycles. The molecule has 0 aliphatic carbocycles. The Morgan fingerprint density at radius 3 is 2.14 bits per heavy atom. The van der Waals surface area contributed by atoms with Crippen LogP contribution < -0.4 is 0 Å². The number of aromatic hydroxyl groups is 1. The normalized spacial score (nSPS) is 12.1. The zero-order valence-electron chi connectivity index (χ0n) is 7.60. The predicted octanol–water partition coefficient (Wildman–Crippen LogP) is 1.15. The first-order valence-corrected chi connectivity index (χ1v) is 4.08. The summed E-state index contributed by atoms with van der Waals surface area (Å²) in [5.74, 6) is -2.89. The van der Waals surface area contributed by atoms with Gasteiger partial charge in [0.2, 0.25) is 5.78 Å². The summed E-state index contributed by atoms with van der Waals surface area (Å²) in [6.07, 6.45) is 0. The molecule has 0 aromatic heterocycles. The molecule has 1 unspecified atom stereocenters. The highest BCUT2D eigenvalue weighted by molar-refractivity contribution is 6.34. The molecule has 1 atom stereocenters. The third-order valence-corrected chi connectivity index (χ3v) is 2.00. The Kier molecular flexibility index (Phi) is 2.86. The van der Waals surface area contributed by atoms with Crippen LogP contribution >= 0.6 is 0 Å². The van der Waals surface area contributed by atoms with E-state index in [0.29, 0.717) is 5.56 Å². The number of rotatable bonds is 3. The lowest BCUT2D eigenvalue weighted by Crippen LogP contribution is -2.19. The van der Waals surface area contributed by atoms with Crippen molar-refractivity contribution in [2.75, 3.05) is 0 Å². The van der Waals surface area contributed by atoms with Crippen molar-refractivity contribution in [3.63, 3.8) is 0 Å². The van der Waals surface area contributed by atoms with Crippen molar-refractivity contribution in [2.45, 2.75) is 12.8 Å². The summed E-state index contributed by atoms with van der Waals surface area (Å²) < 4.78 is 0. The van der Waals surface area contributed by atoms with Crippen molar-refractivity contribution < 1.29 is 19.8 Å². The number of carboxylic acid groups (broad SMARTS) is 1. The minimum absolute atomic E-state index is 0.0868. The van der Waals surface area contributed by atoms with Gasteiger partial charge in [-0.05, 0) is 17.7 Å². The Morgan fingerprint density at radius 2 is 1.71 bits per heavy atom. The van der Waals surface area contributed by atoms with E-state index in [9.17, 15) is 9.59 Å². The maximum atomic E-state index is 11.1. The van der Waals surface area contributed by atoms with Crippen LogP contribution in [0, 0.1) is 0 Å². The molecule has 0 fully saturated rings. The van der Waals surface area contributed by atoms with Crippen molar-refractivity contribution in [3.05, 3.63) is 29.8 Å². The molecular formula is C10H10O4. The molecule has 1 rings (SSSR count). The molecule has 0 heterocycles. The maximum absolute atomic E-state index is 11.1. The highest BCUT2D eigenvalue weighted by atomic mass is 16.4. The minimum atomic E-state index is -1.44. The van der Waals surface area contributed by atoms with Gasteiger partial charge in [-0.2, -0.15) is 0 Å². The van der Waals surface area contributed by atoms with E-state index in [1.807, 2.05) is 0 Å². The number of phenols is 1. The number of carbonyl (C=O) groups is 2. The predicted molar refractivity (Wildman–Crippen MR) is 49.2 cm³/mol. The molecule has 14 heavy (non-hydrogen) atoms. The monoisotopic (exact) mass is 194 g/mol. The summed E-state index contributed by atoms with van der Waals surface area (Å²) in [6, 6.07) is 5.89. The number of aliphatic carboxylic acids is 1. The molecule has 0 spiro atoms. The zero-order chi connectivity index (χ0) is 10.7. The Morgan fingerprint density at radius 1 is 1.21 bits per heavy atom. The Hall–Kier alpha value is -1.84. The quantitative estimate of drug-likeness (QED) is 0.708. The molecule has 0 bridgehead atoms. The van der Waals surface area contributed by atoms with Gasteiger partial charge in [0.05, 0.1) is 5.92 Å². The fourth-order valence-electron chi connectivity index (χ4n) is 1.10. The van der Waals surface area contributed by atoms with E-state index in [4.69, 9.17) is 10.2 Å². The van der Waals surface area contributed by atoms with Crippen molar-refractivity contribution in [3.8, 4) is 5.75 Å². The van der Waals surface area contributed by atoms with Crippen LogP contribution in [0.15, 0.2) is 24.3 Å². The van der Waals surface area contributed by atoms with Gasteiger partial charge in [-0.25, -0.2) is 4.79 Å². The summed E-state index contributed by atoms with van der Waals surface area (Å²) in [7, 11) is 0. The average molecular weight is 194 g/mol. The molecule has 4 heteroatoms. The number of benzene rings is 1. The maximum Gasteiger partial charge on any atom is 0.372 e. The molecule has 0 aliphatic heterocycles. The Balaban J connectivity index is 2.89. The molecule has 0 aliphatic rings. The van der Waals surface area contributed by atoms with Crippen LogP contribution in [-0.2, 0) is 9.59 Å². The topological polar surface area (TPSA) is 74.6 Å².